The Morgan fingerprint density at radius 3 is 2.20 bits per heavy atom. The molecule has 1 fully saturated rings. The lowest BCUT2D eigenvalue weighted by molar-refractivity contribution is -0.128. The lowest BCUT2D eigenvalue weighted by Gasteiger charge is -2.32. The van der Waals surface area contributed by atoms with Gasteiger partial charge in [-0.25, -0.2) is 9.18 Å². The lowest BCUT2D eigenvalue weighted by atomic mass is 9.88. The van der Waals surface area contributed by atoms with E-state index in [1.807, 2.05) is 27.7 Å². The first-order chi connectivity index (χ1) is 11.4. The molecule has 0 radical (unpaired) electrons. The smallest absolute Gasteiger partial charge is 0.451 e. The van der Waals surface area contributed by atoms with Crippen molar-refractivity contribution in [3.63, 3.8) is 0 Å². The van der Waals surface area contributed by atoms with E-state index in [1.165, 1.54) is 6.07 Å². The van der Waals surface area contributed by atoms with E-state index in [9.17, 15) is 9.18 Å². The van der Waals surface area contributed by atoms with Gasteiger partial charge in [0.2, 0.25) is 5.79 Å². The molecule has 2 aliphatic heterocycles. The number of fused-ring (bicyclic) bond motifs is 1. The molecular formula is C18H22BFO5. The zero-order valence-electron chi connectivity index (χ0n) is 15.3. The maximum atomic E-state index is 14.0. The number of cyclic esters (lactones) is 1. The first kappa shape index (κ1) is 18.0. The molecule has 0 saturated carbocycles. The van der Waals surface area contributed by atoms with Crippen molar-refractivity contribution in [1.82, 2.24) is 0 Å². The van der Waals surface area contributed by atoms with Crippen LogP contribution in [0.5, 0.6) is 5.75 Å². The number of carbonyl (C=O) groups excluding carboxylic acids is 1. The van der Waals surface area contributed by atoms with E-state index >= 15 is 0 Å². The summed E-state index contributed by atoms with van der Waals surface area (Å²) in [6, 6.07) is 2.76. The molecule has 5 nitrogen and oxygen atoms in total. The number of esters is 1. The van der Waals surface area contributed by atoms with Gasteiger partial charge in [0.05, 0.1) is 11.2 Å². The first-order valence-electron chi connectivity index (χ1n) is 8.21. The van der Waals surface area contributed by atoms with E-state index in [-0.39, 0.29) is 11.3 Å². The van der Waals surface area contributed by atoms with Gasteiger partial charge >= 0.3 is 13.1 Å². The van der Waals surface area contributed by atoms with Crippen LogP contribution in [0.4, 0.5) is 4.39 Å². The summed E-state index contributed by atoms with van der Waals surface area (Å²) in [6.45, 7) is 11.0. The second-order valence-electron chi connectivity index (χ2n) is 7.72. The summed E-state index contributed by atoms with van der Waals surface area (Å²) in [4.78, 5) is 12.1. The summed E-state index contributed by atoms with van der Waals surface area (Å²) >= 11 is 0. The minimum Gasteiger partial charge on any atom is -0.451 e. The predicted octanol–water partition coefficient (Wildman–Crippen LogP) is 3.76. The van der Waals surface area contributed by atoms with Crippen molar-refractivity contribution in [2.75, 3.05) is 0 Å². The Bertz CT molecular complexity index is 738. The molecule has 134 valence electrons. The van der Waals surface area contributed by atoms with Crippen LogP contribution in [0.3, 0.4) is 0 Å². The Labute approximate surface area is 147 Å². The number of hydrogen-bond donors (Lipinski definition) is 0. The van der Waals surface area contributed by atoms with Crippen molar-refractivity contribution in [3.8, 4) is 5.75 Å². The Hall–Kier alpha value is -1.86. The maximum Gasteiger partial charge on any atom is 0.487 e. The normalized spacial score (nSPS) is 23.3. The van der Waals surface area contributed by atoms with Crippen molar-refractivity contribution < 1.29 is 28.0 Å². The minimum absolute atomic E-state index is 0.161. The summed E-state index contributed by atoms with van der Waals surface area (Å²) in [5, 5.41) is 0. The van der Waals surface area contributed by atoms with Crippen molar-refractivity contribution in [3.05, 3.63) is 35.1 Å². The topological polar surface area (TPSA) is 54.0 Å². The molecule has 0 amide bonds. The predicted molar refractivity (Wildman–Crippen MR) is 91.6 cm³/mol. The van der Waals surface area contributed by atoms with E-state index < -0.39 is 35.9 Å². The van der Waals surface area contributed by atoms with E-state index in [4.69, 9.17) is 18.8 Å². The van der Waals surface area contributed by atoms with Gasteiger partial charge in [0.1, 0.15) is 17.1 Å². The molecule has 0 spiro atoms. The highest BCUT2D eigenvalue weighted by molar-refractivity contribution is 6.52. The van der Waals surface area contributed by atoms with Gasteiger partial charge in [-0.3, -0.25) is 0 Å². The van der Waals surface area contributed by atoms with Crippen LogP contribution in [-0.4, -0.2) is 30.1 Å². The molecule has 0 N–H and O–H groups in total. The average Bonchev–Trinajstić information content (AvgIpc) is 2.64. The fourth-order valence-electron chi connectivity index (χ4n) is 2.70. The second-order valence-corrected chi connectivity index (χ2v) is 7.72. The highest BCUT2D eigenvalue weighted by atomic mass is 19.1. The molecule has 2 aliphatic rings. The van der Waals surface area contributed by atoms with Crippen LogP contribution in [0.25, 0.3) is 6.08 Å². The fraction of sp³-hybridized carbons (Fsp3) is 0.500. The SMILES string of the molecule is CC1(C)OC(=O)c2c(F)ccc(/C=C\B3OC(C)(C)C(C)(C)O3)c2O1. The van der Waals surface area contributed by atoms with Crippen molar-refractivity contribution >= 4 is 19.2 Å². The highest BCUT2D eigenvalue weighted by Gasteiger charge is 2.50. The van der Waals surface area contributed by atoms with Crippen LogP contribution in [0.1, 0.15) is 57.5 Å². The Morgan fingerprint density at radius 1 is 1.00 bits per heavy atom. The third-order valence-electron chi connectivity index (χ3n) is 4.73. The second kappa shape index (κ2) is 5.57. The standard InChI is InChI=1S/C18H22BFO5/c1-16(2)17(3,4)25-19(24-16)10-9-11-7-8-12(20)13-14(11)22-18(5,6)23-15(13)21/h7-10H,1-6H3/b10-9-. The van der Waals surface area contributed by atoms with Gasteiger partial charge in [-0.15, -0.1) is 0 Å². The molecule has 1 aromatic carbocycles. The van der Waals surface area contributed by atoms with Crippen LogP contribution in [-0.2, 0) is 14.0 Å². The van der Waals surface area contributed by atoms with E-state index in [1.54, 1.807) is 32.0 Å². The van der Waals surface area contributed by atoms with Crippen molar-refractivity contribution in [1.29, 1.82) is 0 Å². The largest absolute Gasteiger partial charge is 0.487 e. The summed E-state index contributed by atoms with van der Waals surface area (Å²) in [5.41, 5.74) is -0.551. The molecule has 7 heteroatoms. The summed E-state index contributed by atoms with van der Waals surface area (Å²) < 4.78 is 36.6. The molecule has 1 saturated heterocycles. The molecule has 1 aromatic rings. The van der Waals surface area contributed by atoms with E-state index in [0.29, 0.717) is 5.56 Å². The maximum absolute atomic E-state index is 14.0. The highest BCUT2D eigenvalue weighted by Crippen LogP contribution is 2.39. The molecule has 3 rings (SSSR count). The van der Waals surface area contributed by atoms with Gasteiger partial charge in [0, 0.05) is 19.4 Å². The quantitative estimate of drug-likeness (QED) is 0.602. The van der Waals surface area contributed by atoms with Gasteiger partial charge < -0.3 is 18.8 Å². The zero-order chi connectivity index (χ0) is 18.6. The number of halogens is 1. The fourth-order valence-corrected chi connectivity index (χ4v) is 2.70. The van der Waals surface area contributed by atoms with Gasteiger partial charge in [-0.2, -0.15) is 0 Å². The molecule has 0 aromatic heterocycles. The third kappa shape index (κ3) is 3.18. The summed E-state index contributed by atoms with van der Waals surface area (Å²) in [5.74, 6) is -0.697. The number of benzene rings is 1. The molecule has 0 aliphatic carbocycles. The van der Waals surface area contributed by atoms with Gasteiger partial charge in [-0.1, -0.05) is 12.1 Å². The number of hydrogen-bond acceptors (Lipinski definition) is 5. The molecule has 0 bridgehead atoms. The van der Waals surface area contributed by atoms with Gasteiger partial charge in [-0.05, 0) is 39.8 Å². The zero-order valence-corrected chi connectivity index (χ0v) is 15.3. The van der Waals surface area contributed by atoms with Crippen LogP contribution >= 0.6 is 0 Å². The lowest BCUT2D eigenvalue weighted by Crippen LogP contribution is -2.41. The average molecular weight is 348 g/mol. The van der Waals surface area contributed by atoms with Crippen LogP contribution in [0, 0.1) is 5.82 Å². The van der Waals surface area contributed by atoms with Gasteiger partial charge in [0.15, 0.2) is 0 Å². The Morgan fingerprint density at radius 2 is 1.60 bits per heavy atom. The molecular weight excluding hydrogens is 326 g/mol. The monoisotopic (exact) mass is 348 g/mol. The molecule has 0 atom stereocenters. The molecule has 25 heavy (non-hydrogen) atoms. The number of ether oxygens (including phenoxy) is 2. The van der Waals surface area contributed by atoms with Crippen LogP contribution in [0.2, 0.25) is 0 Å². The van der Waals surface area contributed by atoms with Crippen molar-refractivity contribution in [2.24, 2.45) is 0 Å². The van der Waals surface area contributed by atoms with Crippen molar-refractivity contribution in [2.45, 2.75) is 58.5 Å². The van der Waals surface area contributed by atoms with E-state index in [2.05, 4.69) is 0 Å². The first-order valence-corrected chi connectivity index (χ1v) is 8.21. The Kier molecular flexibility index (Phi) is 4.00. The minimum atomic E-state index is -1.16. The third-order valence-corrected chi connectivity index (χ3v) is 4.73. The molecule has 2 heterocycles. The van der Waals surface area contributed by atoms with Gasteiger partial charge in [0.25, 0.3) is 0 Å². The summed E-state index contributed by atoms with van der Waals surface area (Å²) in [6.07, 6.45) is 1.70. The number of rotatable bonds is 2. The Balaban J connectivity index is 1.93. The van der Waals surface area contributed by atoms with Crippen LogP contribution < -0.4 is 4.74 Å². The molecule has 0 unspecified atom stereocenters. The van der Waals surface area contributed by atoms with Crippen LogP contribution in [0.15, 0.2) is 18.1 Å². The summed E-state index contributed by atoms with van der Waals surface area (Å²) in [7, 11) is -0.547. The number of carbonyl (C=O) groups is 1. The van der Waals surface area contributed by atoms with E-state index in [0.717, 1.165) is 0 Å².